The maximum Gasteiger partial charge on any atom is 0.158 e. The molecule has 0 bridgehead atoms. The molecule has 0 aliphatic heterocycles. The van der Waals surface area contributed by atoms with Crippen LogP contribution in [0.25, 0.3) is 0 Å². The van der Waals surface area contributed by atoms with E-state index >= 15 is 0 Å². The van der Waals surface area contributed by atoms with Crippen LogP contribution in [0, 0.1) is 0 Å². The molecule has 0 aromatic heterocycles. The summed E-state index contributed by atoms with van der Waals surface area (Å²) < 4.78 is 0. The molecular weight excluding hydrogens is 140 g/mol. The molecule has 0 saturated heterocycles. The Morgan fingerprint density at radius 3 is 2.64 bits per heavy atom. The smallest absolute Gasteiger partial charge is 0.158 e. The molecule has 0 saturated carbocycles. The lowest BCUT2D eigenvalue weighted by molar-refractivity contribution is 0.692. The lowest BCUT2D eigenvalue weighted by atomic mass is 10.4. The first-order valence-corrected chi connectivity index (χ1v) is 3.25. The molecule has 2 N–H and O–H groups in total. The molecule has 0 aromatic rings. The van der Waals surface area contributed by atoms with Crippen LogP contribution in [0.1, 0.15) is 0 Å². The van der Waals surface area contributed by atoms with Gasteiger partial charge in [0.25, 0.3) is 0 Å². The Morgan fingerprint density at radius 1 is 1.64 bits per heavy atom. The van der Waals surface area contributed by atoms with Crippen LogP contribution in [0.5, 0.6) is 0 Å². The van der Waals surface area contributed by atoms with Crippen LogP contribution in [0.2, 0.25) is 0 Å². The Kier molecular flexibility index (Phi) is 4.81. The molecule has 4 nitrogen and oxygen atoms in total. The number of aliphatic imine (C=N–C) groups is 2. The van der Waals surface area contributed by atoms with Gasteiger partial charge in [0.05, 0.1) is 6.34 Å². The minimum atomic E-state index is -0.205. The van der Waals surface area contributed by atoms with Crippen molar-refractivity contribution in [2.45, 2.75) is 6.17 Å². The highest BCUT2D eigenvalue weighted by molar-refractivity contribution is 5.55. The summed E-state index contributed by atoms with van der Waals surface area (Å²) in [5, 5.41) is 5.76. The Balaban J connectivity index is 3.94. The molecule has 1 unspecified atom stereocenters. The molecule has 0 aliphatic carbocycles. The van der Waals surface area contributed by atoms with Gasteiger partial charge in [0, 0.05) is 19.8 Å². The zero-order chi connectivity index (χ0) is 8.69. The van der Waals surface area contributed by atoms with E-state index in [0.717, 1.165) is 5.70 Å². The van der Waals surface area contributed by atoms with Crippen LogP contribution < -0.4 is 10.6 Å². The molecule has 4 heteroatoms. The zero-order valence-electron chi connectivity index (χ0n) is 6.96. The second-order valence-electron chi connectivity index (χ2n) is 1.91. The van der Waals surface area contributed by atoms with Gasteiger partial charge in [-0.25, -0.2) is 0 Å². The predicted molar refractivity (Wildman–Crippen MR) is 49.1 cm³/mol. The summed E-state index contributed by atoms with van der Waals surface area (Å²) in [6, 6.07) is 0. The summed E-state index contributed by atoms with van der Waals surface area (Å²) in [5.41, 5.74) is 0.764. The Labute approximate surface area is 67.1 Å². The number of nitrogens with one attached hydrogen (secondary N) is 2. The lowest BCUT2D eigenvalue weighted by Gasteiger charge is -2.13. The first-order chi connectivity index (χ1) is 5.26. The molecule has 0 rings (SSSR count). The molecule has 62 valence electrons. The standard InChI is InChI=1S/C7H14N4/c1-6(9-3)7(10-4)11-5-8-2/h5,7,9H,1,4H2,2-3H3,(H,8,11). The minimum absolute atomic E-state index is 0.205. The van der Waals surface area contributed by atoms with E-state index in [1.807, 2.05) is 0 Å². The Hall–Kier alpha value is -1.32. The summed E-state index contributed by atoms with van der Waals surface area (Å²) >= 11 is 0. The molecule has 11 heavy (non-hydrogen) atoms. The van der Waals surface area contributed by atoms with E-state index in [1.54, 1.807) is 20.4 Å². The molecule has 0 spiro atoms. The monoisotopic (exact) mass is 154 g/mol. The van der Waals surface area contributed by atoms with Gasteiger partial charge in [-0.05, 0) is 6.72 Å². The Bertz CT molecular complexity index is 162. The molecule has 0 heterocycles. The topological polar surface area (TPSA) is 48.8 Å². The first kappa shape index (κ1) is 9.68. The van der Waals surface area contributed by atoms with E-state index in [-0.39, 0.29) is 6.17 Å². The first-order valence-electron chi connectivity index (χ1n) is 3.25. The fraction of sp³-hybridized carbons (Fsp3) is 0.429. The van der Waals surface area contributed by atoms with Gasteiger partial charge in [0.2, 0.25) is 0 Å². The van der Waals surface area contributed by atoms with Gasteiger partial charge < -0.3 is 10.6 Å². The van der Waals surface area contributed by atoms with Crippen molar-refractivity contribution in [3.05, 3.63) is 12.3 Å². The fourth-order valence-corrected chi connectivity index (χ4v) is 0.545. The van der Waals surface area contributed by atoms with Gasteiger partial charge in [-0.3, -0.25) is 9.98 Å². The summed E-state index contributed by atoms with van der Waals surface area (Å²) in [6.45, 7) is 7.14. The average molecular weight is 154 g/mol. The number of nitrogens with zero attached hydrogens (tertiary/aromatic N) is 2. The van der Waals surface area contributed by atoms with E-state index in [4.69, 9.17) is 0 Å². The van der Waals surface area contributed by atoms with Crippen molar-refractivity contribution in [2.75, 3.05) is 14.1 Å². The van der Waals surface area contributed by atoms with Gasteiger partial charge in [0.15, 0.2) is 6.17 Å². The number of likely N-dealkylation sites (N-methyl/N-ethyl adjacent to an activating group) is 1. The van der Waals surface area contributed by atoms with E-state index < -0.39 is 0 Å². The molecule has 1 atom stereocenters. The van der Waals surface area contributed by atoms with Crippen molar-refractivity contribution in [3.8, 4) is 0 Å². The van der Waals surface area contributed by atoms with Gasteiger partial charge in [-0.1, -0.05) is 6.58 Å². The van der Waals surface area contributed by atoms with Crippen LogP contribution in [0.3, 0.4) is 0 Å². The van der Waals surface area contributed by atoms with Crippen molar-refractivity contribution in [1.82, 2.24) is 10.6 Å². The summed E-state index contributed by atoms with van der Waals surface area (Å²) in [6.07, 6.45) is 1.35. The number of hydrogen-bond donors (Lipinski definition) is 2. The second kappa shape index (κ2) is 5.46. The van der Waals surface area contributed by atoms with Crippen molar-refractivity contribution in [1.29, 1.82) is 0 Å². The normalized spacial score (nSPS) is 12.5. The van der Waals surface area contributed by atoms with E-state index in [0.29, 0.717) is 0 Å². The van der Waals surface area contributed by atoms with Crippen LogP contribution in [0.15, 0.2) is 22.3 Å². The highest BCUT2D eigenvalue weighted by Gasteiger charge is 2.03. The van der Waals surface area contributed by atoms with Crippen molar-refractivity contribution >= 4 is 13.1 Å². The summed E-state index contributed by atoms with van der Waals surface area (Å²) in [7, 11) is 3.46. The van der Waals surface area contributed by atoms with Gasteiger partial charge >= 0.3 is 0 Å². The lowest BCUT2D eigenvalue weighted by Crippen LogP contribution is -2.32. The second-order valence-corrected chi connectivity index (χ2v) is 1.91. The van der Waals surface area contributed by atoms with Crippen LogP contribution >= 0.6 is 0 Å². The molecular formula is C7H14N4. The van der Waals surface area contributed by atoms with E-state index in [9.17, 15) is 0 Å². The van der Waals surface area contributed by atoms with Crippen LogP contribution in [0.4, 0.5) is 0 Å². The minimum Gasteiger partial charge on any atom is -0.389 e. The molecule has 0 aliphatic rings. The van der Waals surface area contributed by atoms with Gasteiger partial charge in [-0.2, -0.15) is 0 Å². The third-order valence-electron chi connectivity index (χ3n) is 1.20. The fourth-order valence-electron chi connectivity index (χ4n) is 0.545. The molecule has 0 radical (unpaired) electrons. The quantitative estimate of drug-likeness (QED) is 0.432. The van der Waals surface area contributed by atoms with Crippen molar-refractivity contribution in [2.24, 2.45) is 9.98 Å². The van der Waals surface area contributed by atoms with E-state index in [2.05, 4.69) is 33.9 Å². The van der Waals surface area contributed by atoms with Crippen molar-refractivity contribution < 1.29 is 0 Å². The van der Waals surface area contributed by atoms with Crippen molar-refractivity contribution in [3.63, 3.8) is 0 Å². The number of rotatable bonds is 5. The molecule has 0 aromatic carbocycles. The van der Waals surface area contributed by atoms with Crippen LogP contribution in [-0.4, -0.2) is 33.3 Å². The zero-order valence-corrected chi connectivity index (χ0v) is 6.96. The highest BCUT2D eigenvalue weighted by atomic mass is 15.1. The Morgan fingerprint density at radius 2 is 2.27 bits per heavy atom. The van der Waals surface area contributed by atoms with Gasteiger partial charge in [0.1, 0.15) is 0 Å². The molecule has 0 amide bonds. The summed E-state index contributed by atoms with van der Waals surface area (Å²) in [5.74, 6) is 0. The summed E-state index contributed by atoms with van der Waals surface area (Å²) in [4.78, 5) is 7.53. The maximum atomic E-state index is 3.78. The SMILES string of the molecule is C=NC(N/C=N\C)C(=C)NC. The van der Waals surface area contributed by atoms with E-state index in [1.165, 1.54) is 0 Å². The third kappa shape index (κ3) is 3.40. The third-order valence-corrected chi connectivity index (χ3v) is 1.20. The van der Waals surface area contributed by atoms with Crippen LogP contribution in [-0.2, 0) is 0 Å². The largest absolute Gasteiger partial charge is 0.389 e. The maximum absolute atomic E-state index is 3.78. The predicted octanol–water partition coefficient (Wildman–Crippen LogP) is -0.00610. The highest BCUT2D eigenvalue weighted by Crippen LogP contribution is 1.92. The number of hydrogen-bond acceptors (Lipinski definition) is 3. The molecule has 0 fully saturated rings. The van der Waals surface area contributed by atoms with Gasteiger partial charge in [-0.15, -0.1) is 0 Å². The average Bonchev–Trinajstić information content (AvgIpc) is 2.05.